The lowest BCUT2D eigenvalue weighted by Crippen LogP contribution is -2.13. The minimum atomic E-state index is -0.262. The maximum atomic E-state index is 12.7. The Kier molecular flexibility index (Phi) is 4.24. The number of anilines is 1. The second kappa shape index (κ2) is 6.50. The number of carbonyl (C=O) groups is 2. The molecule has 24 heavy (non-hydrogen) atoms. The number of hydrogen-bond acceptors (Lipinski definition) is 4. The van der Waals surface area contributed by atoms with Crippen LogP contribution in [0.5, 0.6) is 5.88 Å². The number of pyridine rings is 1. The summed E-state index contributed by atoms with van der Waals surface area (Å²) in [6.07, 6.45) is 0. The van der Waals surface area contributed by atoms with Crippen molar-refractivity contribution in [1.82, 2.24) is 4.98 Å². The number of nitrogens with one attached hydrogen (secondary N) is 1. The van der Waals surface area contributed by atoms with Crippen LogP contribution in [-0.2, 0) is 0 Å². The van der Waals surface area contributed by atoms with Crippen LogP contribution in [0.15, 0.2) is 54.6 Å². The minimum Gasteiger partial charge on any atom is -0.481 e. The number of Topliss-reactive ketones (excluding diaryl/α,β-unsaturated/α-hetero) is 1. The quantitative estimate of drug-likeness (QED) is 0.744. The maximum Gasteiger partial charge on any atom is 0.256 e. The second-order valence-electron chi connectivity index (χ2n) is 5.32. The first-order valence-corrected chi connectivity index (χ1v) is 7.44. The van der Waals surface area contributed by atoms with Gasteiger partial charge in [-0.3, -0.25) is 9.59 Å². The van der Waals surface area contributed by atoms with E-state index >= 15 is 0 Å². The lowest BCUT2D eigenvalue weighted by atomic mass is 10.1. The van der Waals surface area contributed by atoms with Crippen molar-refractivity contribution in [1.29, 1.82) is 0 Å². The third kappa shape index (κ3) is 3.10. The van der Waals surface area contributed by atoms with Crippen LogP contribution in [0.4, 0.5) is 5.69 Å². The molecule has 5 heteroatoms. The molecule has 0 bridgehead atoms. The van der Waals surface area contributed by atoms with Crippen molar-refractivity contribution in [2.24, 2.45) is 0 Å². The average molecular weight is 320 g/mol. The lowest BCUT2D eigenvalue weighted by Gasteiger charge is -2.10. The van der Waals surface area contributed by atoms with E-state index in [1.165, 1.54) is 14.0 Å². The van der Waals surface area contributed by atoms with Crippen molar-refractivity contribution in [2.75, 3.05) is 12.4 Å². The van der Waals surface area contributed by atoms with Crippen molar-refractivity contribution in [3.8, 4) is 5.88 Å². The Hall–Kier alpha value is -3.21. The summed E-state index contributed by atoms with van der Waals surface area (Å²) >= 11 is 0. The number of ether oxygens (including phenoxy) is 1. The van der Waals surface area contributed by atoms with Gasteiger partial charge < -0.3 is 10.1 Å². The first-order chi connectivity index (χ1) is 11.6. The molecule has 120 valence electrons. The Bertz CT molecular complexity index is 918. The van der Waals surface area contributed by atoms with Crippen molar-refractivity contribution in [3.05, 3.63) is 65.7 Å². The molecule has 0 spiro atoms. The van der Waals surface area contributed by atoms with Gasteiger partial charge in [-0.2, -0.15) is 0 Å². The number of carbonyl (C=O) groups excluding carboxylic acids is 2. The van der Waals surface area contributed by atoms with Gasteiger partial charge in [0.2, 0.25) is 5.88 Å². The molecule has 1 N–H and O–H groups in total. The summed E-state index contributed by atoms with van der Waals surface area (Å²) in [5, 5.41) is 3.58. The molecule has 0 unspecified atom stereocenters. The van der Waals surface area contributed by atoms with Gasteiger partial charge in [-0.05, 0) is 37.3 Å². The van der Waals surface area contributed by atoms with Crippen LogP contribution in [0.25, 0.3) is 10.9 Å². The van der Waals surface area contributed by atoms with E-state index in [2.05, 4.69) is 10.3 Å². The maximum absolute atomic E-state index is 12.7. The van der Waals surface area contributed by atoms with Crippen LogP contribution < -0.4 is 10.1 Å². The highest BCUT2D eigenvalue weighted by Crippen LogP contribution is 2.23. The van der Waals surface area contributed by atoms with Gasteiger partial charge in [0, 0.05) is 22.7 Å². The van der Waals surface area contributed by atoms with Crippen LogP contribution in [0.2, 0.25) is 0 Å². The van der Waals surface area contributed by atoms with Crippen LogP contribution in [0, 0.1) is 0 Å². The topological polar surface area (TPSA) is 68.3 Å². The van der Waals surface area contributed by atoms with Gasteiger partial charge in [0.1, 0.15) is 0 Å². The number of methoxy groups -OCH3 is 1. The average Bonchev–Trinajstić information content (AvgIpc) is 2.61. The number of amides is 1. The summed E-state index contributed by atoms with van der Waals surface area (Å²) in [6.45, 7) is 1.50. The van der Waals surface area contributed by atoms with Crippen LogP contribution in [0.3, 0.4) is 0 Å². The molecule has 3 rings (SSSR count). The van der Waals surface area contributed by atoms with Gasteiger partial charge in [-0.25, -0.2) is 4.98 Å². The van der Waals surface area contributed by atoms with E-state index in [4.69, 9.17) is 4.74 Å². The molecule has 1 heterocycles. The number of ketones is 1. The SMILES string of the molecule is COc1cc(C(=O)Nc2ccc(C(C)=O)cc2)c2ccccc2n1. The van der Waals surface area contributed by atoms with E-state index in [0.717, 1.165) is 5.39 Å². The Morgan fingerprint density at radius 2 is 1.75 bits per heavy atom. The Morgan fingerprint density at radius 1 is 1.04 bits per heavy atom. The molecule has 1 amide bonds. The number of aromatic nitrogens is 1. The predicted octanol–water partition coefficient (Wildman–Crippen LogP) is 3.70. The molecule has 2 aromatic carbocycles. The first-order valence-electron chi connectivity index (χ1n) is 7.44. The number of benzene rings is 2. The molecule has 3 aromatic rings. The van der Waals surface area contributed by atoms with Crippen LogP contribution in [0.1, 0.15) is 27.6 Å². The van der Waals surface area contributed by atoms with Gasteiger partial charge >= 0.3 is 0 Å². The molecule has 0 saturated heterocycles. The third-order valence-corrected chi connectivity index (χ3v) is 3.70. The molecule has 1 aromatic heterocycles. The van der Waals surface area contributed by atoms with Crippen molar-refractivity contribution < 1.29 is 14.3 Å². The number of hydrogen-bond donors (Lipinski definition) is 1. The molecule has 0 aliphatic carbocycles. The fraction of sp³-hybridized carbons (Fsp3) is 0.105. The Labute approximate surface area is 139 Å². The molecule has 0 radical (unpaired) electrons. The van der Waals surface area contributed by atoms with Gasteiger partial charge in [-0.15, -0.1) is 0 Å². The largest absolute Gasteiger partial charge is 0.481 e. The normalized spacial score (nSPS) is 10.4. The highest BCUT2D eigenvalue weighted by Gasteiger charge is 2.13. The fourth-order valence-electron chi connectivity index (χ4n) is 2.43. The van der Waals surface area contributed by atoms with E-state index in [-0.39, 0.29) is 11.7 Å². The minimum absolute atomic E-state index is 0.0160. The standard InChI is InChI=1S/C19H16N2O3/c1-12(22)13-7-9-14(10-8-13)20-19(23)16-11-18(24-2)21-17-6-4-3-5-15(16)17/h3-11H,1-2H3,(H,20,23). The van der Waals surface area contributed by atoms with E-state index in [1.54, 1.807) is 30.3 Å². The van der Waals surface area contributed by atoms with Crippen molar-refractivity contribution in [3.63, 3.8) is 0 Å². The first kappa shape index (κ1) is 15.7. The zero-order chi connectivity index (χ0) is 17.1. The zero-order valence-corrected chi connectivity index (χ0v) is 13.4. The molecule has 5 nitrogen and oxygen atoms in total. The smallest absolute Gasteiger partial charge is 0.256 e. The van der Waals surface area contributed by atoms with Crippen molar-refractivity contribution >= 4 is 28.3 Å². The van der Waals surface area contributed by atoms with E-state index < -0.39 is 0 Å². The monoisotopic (exact) mass is 320 g/mol. The number of para-hydroxylation sites is 1. The zero-order valence-electron chi connectivity index (χ0n) is 13.4. The fourth-order valence-corrected chi connectivity index (χ4v) is 2.43. The summed E-state index contributed by atoms with van der Waals surface area (Å²) in [4.78, 5) is 28.3. The highest BCUT2D eigenvalue weighted by atomic mass is 16.5. The summed E-state index contributed by atoms with van der Waals surface area (Å²) in [6, 6.07) is 15.8. The molecular weight excluding hydrogens is 304 g/mol. The Morgan fingerprint density at radius 3 is 2.42 bits per heavy atom. The molecule has 0 aliphatic heterocycles. The molecule has 0 fully saturated rings. The summed E-state index contributed by atoms with van der Waals surface area (Å²) in [5.41, 5.74) is 2.39. The highest BCUT2D eigenvalue weighted by molar-refractivity contribution is 6.12. The van der Waals surface area contributed by atoms with Gasteiger partial charge in [0.05, 0.1) is 18.2 Å². The number of rotatable bonds is 4. The van der Waals surface area contributed by atoms with E-state index in [9.17, 15) is 9.59 Å². The third-order valence-electron chi connectivity index (χ3n) is 3.70. The van der Waals surface area contributed by atoms with E-state index in [0.29, 0.717) is 28.2 Å². The van der Waals surface area contributed by atoms with Gasteiger partial charge in [0.25, 0.3) is 5.91 Å². The number of nitrogens with zero attached hydrogens (tertiary/aromatic N) is 1. The van der Waals surface area contributed by atoms with Gasteiger partial charge in [0.15, 0.2) is 5.78 Å². The number of fused-ring (bicyclic) bond motifs is 1. The molecular formula is C19H16N2O3. The molecule has 0 aliphatic rings. The second-order valence-corrected chi connectivity index (χ2v) is 5.32. The molecule has 0 saturated carbocycles. The summed E-state index contributed by atoms with van der Waals surface area (Å²) < 4.78 is 5.18. The summed E-state index contributed by atoms with van der Waals surface area (Å²) in [7, 11) is 1.51. The predicted molar refractivity (Wildman–Crippen MR) is 92.7 cm³/mol. The van der Waals surface area contributed by atoms with Crippen LogP contribution in [-0.4, -0.2) is 23.8 Å². The lowest BCUT2D eigenvalue weighted by molar-refractivity contribution is 0.101. The molecule has 0 atom stereocenters. The van der Waals surface area contributed by atoms with E-state index in [1.807, 2.05) is 24.3 Å². The Balaban J connectivity index is 1.94. The van der Waals surface area contributed by atoms with Crippen molar-refractivity contribution in [2.45, 2.75) is 6.92 Å². The van der Waals surface area contributed by atoms with Crippen LogP contribution >= 0.6 is 0 Å². The summed E-state index contributed by atoms with van der Waals surface area (Å²) in [5.74, 6) is 0.103. The van der Waals surface area contributed by atoms with Gasteiger partial charge in [-0.1, -0.05) is 18.2 Å².